The van der Waals surface area contributed by atoms with Crippen LogP contribution in [0.15, 0.2) is 45.7 Å². The van der Waals surface area contributed by atoms with Gasteiger partial charge >= 0.3 is 0 Å². The summed E-state index contributed by atoms with van der Waals surface area (Å²) in [5.74, 6) is 1.70. The van der Waals surface area contributed by atoms with Crippen molar-refractivity contribution < 1.29 is 17.9 Å². The molecule has 126 valence electrons. The number of rotatable bonds is 6. The Bertz CT molecular complexity index is 760. The third-order valence-electron chi connectivity index (χ3n) is 3.70. The Morgan fingerprint density at radius 2 is 1.78 bits per heavy atom. The van der Waals surface area contributed by atoms with E-state index in [0.717, 1.165) is 11.5 Å². The van der Waals surface area contributed by atoms with E-state index in [1.165, 1.54) is 18.4 Å². The standard InChI is InChI=1S/C17H23NO4S/c1-13-5-8-15(22-13)11-18(3)12-17(2,19)14-6-9-16(10-7-14)23(4,20)21/h5-10,19H,11-12H2,1-4H3. The van der Waals surface area contributed by atoms with Crippen LogP contribution in [0.1, 0.15) is 24.0 Å². The van der Waals surface area contributed by atoms with E-state index in [1.54, 1.807) is 19.1 Å². The maximum absolute atomic E-state index is 11.5. The molecule has 0 aliphatic rings. The number of likely N-dealkylation sites (N-methyl/N-ethyl adjacent to an activating group) is 1. The van der Waals surface area contributed by atoms with E-state index in [-0.39, 0.29) is 4.90 Å². The van der Waals surface area contributed by atoms with Gasteiger partial charge in [-0.25, -0.2) is 8.42 Å². The fraction of sp³-hybridized carbons (Fsp3) is 0.412. The minimum absolute atomic E-state index is 0.247. The van der Waals surface area contributed by atoms with Gasteiger partial charge in [0, 0.05) is 12.8 Å². The molecule has 0 amide bonds. The van der Waals surface area contributed by atoms with Crippen LogP contribution in [0.25, 0.3) is 0 Å². The molecule has 6 heteroatoms. The van der Waals surface area contributed by atoms with Crippen LogP contribution >= 0.6 is 0 Å². The van der Waals surface area contributed by atoms with Gasteiger partial charge in [-0.15, -0.1) is 0 Å². The molecule has 0 radical (unpaired) electrons. The van der Waals surface area contributed by atoms with Crippen molar-refractivity contribution in [3.63, 3.8) is 0 Å². The number of sulfone groups is 1. The normalized spacial score (nSPS) is 14.9. The lowest BCUT2D eigenvalue weighted by Crippen LogP contribution is -2.36. The summed E-state index contributed by atoms with van der Waals surface area (Å²) >= 11 is 0. The highest BCUT2D eigenvalue weighted by Gasteiger charge is 2.25. The summed E-state index contributed by atoms with van der Waals surface area (Å²) in [6.07, 6.45) is 1.17. The van der Waals surface area contributed by atoms with Crippen molar-refractivity contribution in [1.29, 1.82) is 0 Å². The van der Waals surface area contributed by atoms with Crippen LogP contribution in [-0.4, -0.2) is 38.3 Å². The molecule has 0 bridgehead atoms. The minimum atomic E-state index is -3.23. The number of hydrogen-bond acceptors (Lipinski definition) is 5. The molecule has 0 fully saturated rings. The van der Waals surface area contributed by atoms with E-state index in [2.05, 4.69) is 0 Å². The van der Waals surface area contributed by atoms with Crippen LogP contribution in [0.5, 0.6) is 0 Å². The van der Waals surface area contributed by atoms with E-state index in [0.29, 0.717) is 18.7 Å². The first kappa shape index (κ1) is 17.7. The minimum Gasteiger partial charge on any atom is -0.465 e. The predicted octanol–water partition coefficient (Wildman–Crippen LogP) is 2.33. The lowest BCUT2D eigenvalue weighted by Gasteiger charge is -2.29. The van der Waals surface area contributed by atoms with Gasteiger partial charge in [0.05, 0.1) is 17.0 Å². The second-order valence-corrected chi connectivity index (χ2v) is 8.27. The highest BCUT2D eigenvalue weighted by Crippen LogP contribution is 2.24. The molecule has 1 atom stereocenters. The van der Waals surface area contributed by atoms with Gasteiger partial charge in [-0.05, 0) is 50.7 Å². The monoisotopic (exact) mass is 337 g/mol. The third-order valence-corrected chi connectivity index (χ3v) is 4.83. The SMILES string of the molecule is Cc1ccc(CN(C)CC(C)(O)c2ccc(S(C)(=O)=O)cc2)o1. The van der Waals surface area contributed by atoms with Gasteiger partial charge < -0.3 is 9.52 Å². The summed E-state index contributed by atoms with van der Waals surface area (Å²) in [4.78, 5) is 2.21. The lowest BCUT2D eigenvalue weighted by molar-refractivity contribution is 0.0198. The quantitative estimate of drug-likeness (QED) is 0.876. The van der Waals surface area contributed by atoms with Crippen molar-refractivity contribution in [2.45, 2.75) is 30.9 Å². The number of hydrogen-bond donors (Lipinski definition) is 1. The Labute approximate surface area is 137 Å². The number of nitrogens with zero attached hydrogens (tertiary/aromatic N) is 1. The summed E-state index contributed by atoms with van der Waals surface area (Å²) in [7, 11) is -1.33. The van der Waals surface area contributed by atoms with Crippen LogP contribution < -0.4 is 0 Å². The van der Waals surface area contributed by atoms with Crippen molar-refractivity contribution in [3.8, 4) is 0 Å². The van der Waals surface area contributed by atoms with Crippen LogP contribution in [0.4, 0.5) is 0 Å². The summed E-state index contributed by atoms with van der Waals surface area (Å²) in [5.41, 5.74) is -0.417. The maximum Gasteiger partial charge on any atom is 0.175 e. The van der Waals surface area contributed by atoms with Gasteiger partial charge in [-0.3, -0.25) is 4.90 Å². The molecule has 0 spiro atoms. The molecular formula is C17H23NO4S. The molecule has 0 aliphatic heterocycles. The van der Waals surface area contributed by atoms with Gasteiger partial charge in [0.1, 0.15) is 11.5 Å². The predicted molar refractivity (Wildman–Crippen MR) is 88.9 cm³/mol. The van der Waals surface area contributed by atoms with Crippen molar-refractivity contribution in [3.05, 3.63) is 53.5 Å². The van der Waals surface area contributed by atoms with Crippen LogP contribution in [0, 0.1) is 6.92 Å². The molecule has 2 aromatic rings. The van der Waals surface area contributed by atoms with E-state index in [1.807, 2.05) is 31.0 Å². The molecule has 1 aromatic carbocycles. The second kappa shape index (κ2) is 6.47. The molecule has 2 rings (SSSR count). The topological polar surface area (TPSA) is 70.8 Å². The molecule has 0 aliphatic carbocycles. The van der Waals surface area contributed by atoms with Gasteiger partial charge in [0.15, 0.2) is 9.84 Å². The second-order valence-electron chi connectivity index (χ2n) is 6.26. The van der Waals surface area contributed by atoms with Crippen molar-refractivity contribution in [1.82, 2.24) is 4.90 Å². The van der Waals surface area contributed by atoms with E-state index in [4.69, 9.17) is 4.42 Å². The molecule has 0 saturated heterocycles. The average molecular weight is 337 g/mol. The largest absolute Gasteiger partial charge is 0.465 e. The zero-order valence-corrected chi connectivity index (χ0v) is 14.7. The zero-order valence-electron chi connectivity index (χ0n) is 13.9. The first-order valence-electron chi connectivity index (χ1n) is 7.35. The average Bonchev–Trinajstić information content (AvgIpc) is 2.82. The molecule has 5 nitrogen and oxygen atoms in total. The highest BCUT2D eigenvalue weighted by atomic mass is 32.2. The van der Waals surface area contributed by atoms with Crippen molar-refractivity contribution >= 4 is 9.84 Å². The lowest BCUT2D eigenvalue weighted by atomic mass is 9.95. The fourth-order valence-electron chi connectivity index (χ4n) is 2.57. The molecule has 1 N–H and O–H groups in total. The molecule has 1 aromatic heterocycles. The highest BCUT2D eigenvalue weighted by molar-refractivity contribution is 7.90. The summed E-state index contributed by atoms with van der Waals surface area (Å²) < 4.78 is 28.5. The Morgan fingerprint density at radius 3 is 2.26 bits per heavy atom. The van der Waals surface area contributed by atoms with E-state index >= 15 is 0 Å². The Hall–Kier alpha value is -1.63. The first-order chi connectivity index (χ1) is 10.6. The van der Waals surface area contributed by atoms with E-state index < -0.39 is 15.4 Å². The maximum atomic E-state index is 11.5. The Morgan fingerprint density at radius 1 is 1.17 bits per heavy atom. The smallest absolute Gasteiger partial charge is 0.175 e. The molecule has 0 saturated carbocycles. The molecule has 23 heavy (non-hydrogen) atoms. The molecule has 1 heterocycles. The third kappa shape index (κ3) is 4.67. The van der Waals surface area contributed by atoms with E-state index in [9.17, 15) is 13.5 Å². The number of furan rings is 1. The number of aryl methyl sites for hydroxylation is 1. The summed E-state index contributed by atoms with van der Waals surface area (Å²) in [6, 6.07) is 10.2. The Balaban J connectivity index is 2.08. The number of benzene rings is 1. The first-order valence-corrected chi connectivity index (χ1v) is 9.24. The van der Waals surface area contributed by atoms with Gasteiger partial charge in [0.25, 0.3) is 0 Å². The Kier molecular flexibility index (Phi) is 4.98. The van der Waals surface area contributed by atoms with Crippen LogP contribution in [-0.2, 0) is 22.0 Å². The van der Waals surface area contributed by atoms with Crippen molar-refractivity contribution in [2.24, 2.45) is 0 Å². The summed E-state index contributed by atoms with van der Waals surface area (Å²) in [6.45, 7) is 4.59. The fourth-order valence-corrected chi connectivity index (χ4v) is 3.20. The number of aliphatic hydroxyl groups is 1. The molecule has 1 unspecified atom stereocenters. The summed E-state index contributed by atoms with van der Waals surface area (Å²) in [5, 5.41) is 10.7. The zero-order chi connectivity index (χ0) is 17.3. The van der Waals surface area contributed by atoms with Gasteiger partial charge in [-0.2, -0.15) is 0 Å². The van der Waals surface area contributed by atoms with Gasteiger partial charge in [0.2, 0.25) is 0 Å². The van der Waals surface area contributed by atoms with Gasteiger partial charge in [-0.1, -0.05) is 12.1 Å². The van der Waals surface area contributed by atoms with Crippen LogP contribution in [0.2, 0.25) is 0 Å². The van der Waals surface area contributed by atoms with Crippen LogP contribution in [0.3, 0.4) is 0 Å². The van der Waals surface area contributed by atoms with Crippen molar-refractivity contribution in [2.75, 3.05) is 19.8 Å². The molecular weight excluding hydrogens is 314 g/mol.